The molecule has 1 aliphatic heterocycles. The summed E-state index contributed by atoms with van der Waals surface area (Å²) in [5.74, 6) is 2.69. The molecule has 5 fully saturated rings. The molecule has 4 saturated carbocycles. The van der Waals surface area contributed by atoms with Crippen molar-refractivity contribution in [1.82, 2.24) is 15.1 Å². The van der Waals surface area contributed by atoms with Crippen LogP contribution in [0.3, 0.4) is 0 Å². The number of piperidine rings is 1. The number of aromatic nitrogens is 2. The number of hydrogen-bond donors (Lipinski definition) is 2. The summed E-state index contributed by atoms with van der Waals surface area (Å²) in [7, 11) is 0. The topological polar surface area (TPSA) is 92.1 Å². The minimum Gasteiger partial charge on any atom is -0.364 e. The van der Waals surface area contributed by atoms with Crippen LogP contribution in [-0.4, -0.2) is 40.0 Å². The van der Waals surface area contributed by atoms with E-state index in [9.17, 15) is 9.59 Å². The lowest BCUT2D eigenvalue weighted by molar-refractivity contribution is -0.158. The van der Waals surface area contributed by atoms with Crippen molar-refractivity contribution >= 4 is 11.8 Å². The third-order valence-electron chi connectivity index (χ3n) is 7.56. The number of likely N-dealkylation sites (tertiary alicyclic amines) is 1. The highest BCUT2D eigenvalue weighted by molar-refractivity contribution is 5.90. The van der Waals surface area contributed by atoms with Gasteiger partial charge >= 0.3 is 0 Å². The predicted molar refractivity (Wildman–Crippen MR) is 96.3 cm³/mol. The van der Waals surface area contributed by atoms with Crippen molar-refractivity contribution in [1.29, 1.82) is 0 Å². The summed E-state index contributed by atoms with van der Waals surface area (Å²) in [4.78, 5) is 26.8. The first-order valence-corrected chi connectivity index (χ1v) is 10.2. The molecule has 26 heavy (non-hydrogen) atoms. The molecule has 1 aromatic heterocycles. The predicted octanol–water partition coefficient (Wildman–Crippen LogP) is 2.43. The van der Waals surface area contributed by atoms with E-state index in [1.807, 2.05) is 0 Å². The number of nitrogens with one attached hydrogen (secondary N) is 1. The Morgan fingerprint density at radius 1 is 1.08 bits per heavy atom. The van der Waals surface area contributed by atoms with Gasteiger partial charge in [0, 0.05) is 24.7 Å². The van der Waals surface area contributed by atoms with Crippen molar-refractivity contribution in [2.75, 3.05) is 13.1 Å². The standard InChI is InChI=1S/C20H28N4O2/c21-18(25)17-8-16(22-23-17)15-1-3-24(4-2-15)19(26)20-9-12-5-13(10-20)7-14(6-12)11-20/h8,12-15H,1-7,9-11H2,(H2,21,25)(H,22,23). The summed E-state index contributed by atoms with van der Waals surface area (Å²) in [5, 5.41) is 6.95. The third-order valence-corrected chi connectivity index (χ3v) is 7.56. The summed E-state index contributed by atoms with van der Waals surface area (Å²) in [5.41, 5.74) is 6.53. The van der Waals surface area contributed by atoms with Crippen LogP contribution in [0.25, 0.3) is 0 Å². The molecular formula is C20H28N4O2. The second-order valence-electron chi connectivity index (χ2n) is 9.34. The highest BCUT2D eigenvalue weighted by Gasteiger charge is 2.55. The lowest BCUT2D eigenvalue weighted by atomic mass is 9.49. The van der Waals surface area contributed by atoms with E-state index in [0.717, 1.165) is 68.6 Å². The van der Waals surface area contributed by atoms with Crippen LogP contribution in [0.5, 0.6) is 0 Å². The number of H-pyrrole nitrogens is 1. The monoisotopic (exact) mass is 356 g/mol. The van der Waals surface area contributed by atoms with Gasteiger partial charge in [-0.2, -0.15) is 5.10 Å². The Kier molecular flexibility index (Phi) is 3.66. The minimum absolute atomic E-state index is 0.0330. The van der Waals surface area contributed by atoms with E-state index in [1.54, 1.807) is 6.07 Å². The van der Waals surface area contributed by atoms with Gasteiger partial charge in [-0.15, -0.1) is 0 Å². The van der Waals surface area contributed by atoms with Gasteiger partial charge in [0.15, 0.2) is 0 Å². The number of carbonyl (C=O) groups excluding carboxylic acids is 2. The molecule has 0 spiro atoms. The largest absolute Gasteiger partial charge is 0.364 e. The SMILES string of the molecule is NC(=O)c1cc(C2CCN(C(=O)C34CC5CC(CC(C5)C3)C4)CC2)[nH]n1. The number of carbonyl (C=O) groups is 2. The van der Waals surface area contributed by atoms with Gasteiger partial charge in [-0.1, -0.05) is 0 Å². The second-order valence-corrected chi connectivity index (χ2v) is 9.34. The Bertz CT molecular complexity index is 697. The molecule has 0 atom stereocenters. The molecule has 0 unspecified atom stereocenters. The van der Waals surface area contributed by atoms with Gasteiger partial charge in [-0.25, -0.2) is 0 Å². The molecule has 140 valence electrons. The molecule has 1 aromatic rings. The van der Waals surface area contributed by atoms with Crippen LogP contribution in [0.4, 0.5) is 0 Å². The average molecular weight is 356 g/mol. The average Bonchev–Trinajstić information content (AvgIpc) is 3.10. The number of primary amides is 1. The summed E-state index contributed by atoms with van der Waals surface area (Å²) in [6, 6.07) is 1.77. The molecule has 0 radical (unpaired) electrons. The third kappa shape index (κ3) is 2.57. The molecule has 4 bridgehead atoms. The smallest absolute Gasteiger partial charge is 0.269 e. The summed E-state index contributed by atoms with van der Waals surface area (Å²) in [6.07, 6.45) is 9.39. The van der Waals surface area contributed by atoms with Gasteiger partial charge in [0.2, 0.25) is 5.91 Å². The first kappa shape index (κ1) is 16.3. The maximum Gasteiger partial charge on any atom is 0.269 e. The summed E-state index contributed by atoms with van der Waals surface area (Å²) >= 11 is 0. The van der Waals surface area contributed by atoms with Crippen molar-refractivity contribution < 1.29 is 9.59 Å². The lowest BCUT2D eigenvalue weighted by Gasteiger charge is -2.57. The van der Waals surface area contributed by atoms with Crippen LogP contribution in [-0.2, 0) is 4.79 Å². The zero-order valence-electron chi connectivity index (χ0n) is 15.2. The Balaban J connectivity index is 1.25. The molecular weight excluding hydrogens is 328 g/mol. The maximum atomic E-state index is 13.4. The molecule has 2 heterocycles. The molecule has 5 aliphatic rings. The highest BCUT2D eigenvalue weighted by Crippen LogP contribution is 2.60. The number of amides is 2. The lowest BCUT2D eigenvalue weighted by Crippen LogP contribution is -2.55. The van der Waals surface area contributed by atoms with Crippen LogP contribution in [0.1, 0.15) is 73.5 Å². The van der Waals surface area contributed by atoms with E-state index in [-0.39, 0.29) is 5.41 Å². The summed E-state index contributed by atoms with van der Waals surface area (Å²) in [6.45, 7) is 1.63. The van der Waals surface area contributed by atoms with Crippen LogP contribution in [0.15, 0.2) is 6.07 Å². The van der Waals surface area contributed by atoms with Gasteiger partial charge in [0.05, 0.1) is 5.41 Å². The molecule has 6 nitrogen and oxygen atoms in total. The van der Waals surface area contributed by atoms with Crippen LogP contribution in [0, 0.1) is 23.2 Å². The fourth-order valence-corrected chi connectivity index (χ4v) is 6.77. The minimum atomic E-state index is -0.498. The van der Waals surface area contributed by atoms with E-state index in [2.05, 4.69) is 15.1 Å². The van der Waals surface area contributed by atoms with Crippen molar-refractivity contribution in [2.45, 2.75) is 57.3 Å². The maximum absolute atomic E-state index is 13.4. The Morgan fingerprint density at radius 3 is 2.15 bits per heavy atom. The van der Waals surface area contributed by atoms with E-state index in [4.69, 9.17) is 5.73 Å². The normalized spacial score (nSPS) is 36.5. The molecule has 0 aromatic carbocycles. The van der Waals surface area contributed by atoms with Gasteiger partial charge < -0.3 is 10.6 Å². The Morgan fingerprint density at radius 2 is 1.65 bits per heavy atom. The molecule has 4 aliphatic carbocycles. The number of rotatable bonds is 3. The highest BCUT2D eigenvalue weighted by atomic mass is 16.2. The molecule has 1 saturated heterocycles. The van der Waals surface area contributed by atoms with Crippen LogP contribution >= 0.6 is 0 Å². The van der Waals surface area contributed by atoms with E-state index in [1.165, 1.54) is 19.3 Å². The molecule has 6 rings (SSSR count). The van der Waals surface area contributed by atoms with Gasteiger partial charge in [0.1, 0.15) is 5.69 Å². The number of nitrogens with two attached hydrogens (primary N) is 1. The fourth-order valence-electron chi connectivity index (χ4n) is 6.77. The molecule has 3 N–H and O–H groups in total. The van der Waals surface area contributed by atoms with Crippen molar-refractivity contribution in [3.8, 4) is 0 Å². The van der Waals surface area contributed by atoms with Crippen molar-refractivity contribution in [3.63, 3.8) is 0 Å². The zero-order valence-corrected chi connectivity index (χ0v) is 15.2. The first-order chi connectivity index (χ1) is 12.5. The van der Waals surface area contributed by atoms with Gasteiger partial charge in [0.25, 0.3) is 5.91 Å². The van der Waals surface area contributed by atoms with Crippen molar-refractivity contribution in [2.24, 2.45) is 28.9 Å². The van der Waals surface area contributed by atoms with E-state index >= 15 is 0 Å². The second kappa shape index (κ2) is 5.83. The zero-order chi connectivity index (χ0) is 17.9. The first-order valence-electron chi connectivity index (χ1n) is 10.2. The number of nitrogens with zero attached hydrogens (tertiary/aromatic N) is 2. The van der Waals surface area contributed by atoms with E-state index in [0.29, 0.717) is 17.5 Å². The number of aromatic amines is 1. The number of hydrogen-bond acceptors (Lipinski definition) is 3. The van der Waals surface area contributed by atoms with Crippen LogP contribution in [0.2, 0.25) is 0 Å². The van der Waals surface area contributed by atoms with Gasteiger partial charge in [-0.05, 0) is 75.2 Å². The Hall–Kier alpha value is -1.85. The molecule has 2 amide bonds. The van der Waals surface area contributed by atoms with Crippen LogP contribution < -0.4 is 5.73 Å². The summed E-state index contributed by atoms with van der Waals surface area (Å²) < 4.78 is 0. The Labute approximate surface area is 153 Å². The van der Waals surface area contributed by atoms with E-state index < -0.39 is 5.91 Å². The molecule has 6 heteroatoms. The van der Waals surface area contributed by atoms with Gasteiger partial charge in [-0.3, -0.25) is 14.7 Å². The fraction of sp³-hybridized carbons (Fsp3) is 0.750. The van der Waals surface area contributed by atoms with Crippen molar-refractivity contribution in [3.05, 3.63) is 17.5 Å². The quantitative estimate of drug-likeness (QED) is 0.871.